The lowest BCUT2D eigenvalue weighted by Gasteiger charge is -2.05. The molecule has 0 amide bonds. The standard InChI is InChI=1S/C13H10O4/c1-7-5-9(14)12-11(15-2)6-10-8(3-4-16-10)13(12)17-7/h3-6H,1-2H3. The van der Waals surface area contributed by atoms with Gasteiger partial charge in [0, 0.05) is 12.1 Å². The maximum atomic E-state index is 12.0. The highest BCUT2D eigenvalue weighted by atomic mass is 16.5. The molecular formula is C13H10O4. The minimum absolute atomic E-state index is 0.108. The van der Waals surface area contributed by atoms with Crippen molar-refractivity contribution in [3.05, 3.63) is 40.4 Å². The molecule has 0 aliphatic rings. The molecule has 0 atom stereocenters. The van der Waals surface area contributed by atoms with Gasteiger partial charge in [-0.2, -0.15) is 0 Å². The second-order valence-electron chi connectivity index (χ2n) is 3.84. The number of rotatable bonds is 1. The van der Waals surface area contributed by atoms with Crippen molar-refractivity contribution in [3.63, 3.8) is 0 Å². The fourth-order valence-electron chi connectivity index (χ4n) is 2.01. The van der Waals surface area contributed by atoms with Gasteiger partial charge in [-0.15, -0.1) is 0 Å². The monoisotopic (exact) mass is 230 g/mol. The molecule has 0 aliphatic carbocycles. The van der Waals surface area contributed by atoms with Crippen molar-refractivity contribution in [2.45, 2.75) is 6.92 Å². The molecule has 3 rings (SSSR count). The van der Waals surface area contributed by atoms with E-state index in [1.165, 1.54) is 13.2 Å². The van der Waals surface area contributed by atoms with E-state index in [-0.39, 0.29) is 5.43 Å². The number of furan rings is 1. The third-order valence-electron chi connectivity index (χ3n) is 2.74. The van der Waals surface area contributed by atoms with E-state index in [2.05, 4.69) is 0 Å². The Hall–Kier alpha value is -2.23. The molecule has 17 heavy (non-hydrogen) atoms. The molecule has 86 valence electrons. The summed E-state index contributed by atoms with van der Waals surface area (Å²) in [6.07, 6.45) is 1.56. The summed E-state index contributed by atoms with van der Waals surface area (Å²) in [6.45, 7) is 1.74. The van der Waals surface area contributed by atoms with Crippen molar-refractivity contribution in [3.8, 4) is 5.75 Å². The summed E-state index contributed by atoms with van der Waals surface area (Å²) in [5, 5.41) is 1.23. The Morgan fingerprint density at radius 2 is 2.12 bits per heavy atom. The Kier molecular flexibility index (Phi) is 1.98. The molecule has 0 bridgehead atoms. The van der Waals surface area contributed by atoms with E-state index in [1.54, 1.807) is 25.3 Å². The highest BCUT2D eigenvalue weighted by Crippen LogP contribution is 2.32. The zero-order valence-electron chi connectivity index (χ0n) is 9.44. The Morgan fingerprint density at radius 3 is 2.88 bits per heavy atom. The van der Waals surface area contributed by atoms with Crippen LogP contribution < -0.4 is 10.2 Å². The fraction of sp³-hybridized carbons (Fsp3) is 0.154. The van der Waals surface area contributed by atoms with E-state index < -0.39 is 0 Å². The van der Waals surface area contributed by atoms with E-state index in [9.17, 15) is 4.79 Å². The van der Waals surface area contributed by atoms with E-state index in [0.29, 0.717) is 28.1 Å². The van der Waals surface area contributed by atoms with Crippen LogP contribution in [-0.4, -0.2) is 7.11 Å². The van der Waals surface area contributed by atoms with Gasteiger partial charge in [-0.05, 0) is 13.0 Å². The van der Waals surface area contributed by atoms with Crippen LogP contribution in [0, 0.1) is 6.92 Å². The van der Waals surface area contributed by atoms with Crippen LogP contribution in [-0.2, 0) is 0 Å². The number of fused-ring (bicyclic) bond motifs is 3. The normalized spacial score (nSPS) is 11.2. The van der Waals surface area contributed by atoms with Crippen LogP contribution >= 0.6 is 0 Å². The molecule has 0 saturated carbocycles. The molecule has 4 nitrogen and oxygen atoms in total. The van der Waals surface area contributed by atoms with Crippen molar-refractivity contribution in [2.24, 2.45) is 0 Å². The van der Waals surface area contributed by atoms with Crippen LogP contribution in [0.5, 0.6) is 5.75 Å². The van der Waals surface area contributed by atoms with E-state index in [4.69, 9.17) is 13.6 Å². The molecule has 2 heterocycles. The molecule has 3 aromatic rings. The van der Waals surface area contributed by atoms with Gasteiger partial charge in [0.2, 0.25) is 0 Å². The summed E-state index contributed by atoms with van der Waals surface area (Å²) in [4.78, 5) is 12.0. The highest BCUT2D eigenvalue weighted by molar-refractivity contribution is 6.05. The second-order valence-corrected chi connectivity index (χ2v) is 3.84. The van der Waals surface area contributed by atoms with Crippen LogP contribution in [0.15, 0.2) is 38.1 Å². The van der Waals surface area contributed by atoms with Crippen molar-refractivity contribution in [1.82, 2.24) is 0 Å². The van der Waals surface area contributed by atoms with Crippen LogP contribution in [0.1, 0.15) is 5.76 Å². The van der Waals surface area contributed by atoms with Crippen LogP contribution in [0.4, 0.5) is 0 Å². The maximum absolute atomic E-state index is 12.0. The lowest BCUT2D eigenvalue weighted by Crippen LogP contribution is -2.02. The molecule has 0 N–H and O–H groups in total. The van der Waals surface area contributed by atoms with Crippen molar-refractivity contribution >= 4 is 21.9 Å². The van der Waals surface area contributed by atoms with E-state index in [1.807, 2.05) is 0 Å². The summed E-state index contributed by atoms with van der Waals surface area (Å²) in [5.74, 6) is 1.04. The van der Waals surface area contributed by atoms with Gasteiger partial charge in [0.25, 0.3) is 0 Å². The van der Waals surface area contributed by atoms with E-state index >= 15 is 0 Å². The third-order valence-corrected chi connectivity index (χ3v) is 2.74. The highest BCUT2D eigenvalue weighted by Gasteiger charge is 2.14. The first-order valence-corrected chi connectivity index (χ1v) is 5.19. The quantitative estimate of drug-likeness (QED) is 0.645. The minimum atomic E-state index is -0.108. The minimum Gasteiger partial charge on any atom is -0.496 e. The molecule has 4 heteroatoms. The largest absolute Gasteiger partial charge is 0.496 e. The third kappa shape index (κ3) is 1.34. The fourth-order valence-corrected chi connectivity index (χ4v) is 2.01. The Morgan fingerprint density at radius 1 is 1.29 bits per heavy atom. The molecule has 1 aromatic carbocycles. The summed E-state index contributed by atoms with van der Waals surface area (Å²) in [5.41, 5.74) is 1.05. The van der Waals surface area contributed by atoms with Crippen molar-refractivity contribution in [2.75, 3.05) is 7.11 Å². The first-order chi connectivity index (χ1) is 8.20. The average Bonchev–Trinajstić information content (AvgIpc) is 2.75. The Bertz CT molecular complexity index is 764. The molecule has 0 aliphatic heterocycles. The molecule has 0 radical (unpaired) electrons. The van der Waals surface area contributed by atoms with Crippen LogP contribution in [0.2, 0.25) is 0 Å². The van der Waals surface area contributed by atoms with Crippen molar-refractivity contribution < 1.29 is 13.6 Å². The van der Waals surface area contributed by atoms with Gasteiger partial charge in [-0.1, -0.05) is 0 Å². The van der Waals surface area contributed by atoms with Gasteiger partial charge >= 0.3 is 0 Å². The molecule has 0 saturated heterocycles. The number of methoxy groups -OCH3 is 1. The van der Waals surface area contributed by atoms with Gasteiger partial charge in [0.15, 0.2) is 11.0 Å². The van der Waals surface area contributed by atoms with Crippen LogP contribution in [0.25, 0.3) is 21.9 Å². The maximum Gasteiger partial charge on any atom is 0.196 e. The van der Waals surface area contributed by atoms with Gasteiger partial charge in [0.1, 0.15) is 22.5 Å². The van der Waals surface area contributed by atoms with Gasteiger partial charge in [-0.25, -0.2) is 0 Å². The topological polar surface area (TPSA) is 52.6 Å². The molecule has 0 unspecified atom stereocenters. The van der Waals surface area contributed by atoms with E-state index in [0.717, 1.165) is 5.39 Å². The lowest BCUT2D eigenvalue weighted by molar-refractivity contribution is 0.418. The first kappa shape index (κ1) is 9.96. The Balaban J connectivity index is 2.66. The smallest absolute Gasteiger partial charge is 0.196 e. The average molecular weight is 230 g/mol. The molecule has 0 spiro atoms. The zero-order valence-corrected chi connectivity index (χ0v) is 9.44. The second kappa shape index (κ2) is 3.38. The summed E-state index contributed by atoms with van der Waals surface area (Å²) >= 11 is 0. The van der Waals surface area contributed by atoms with Gasteiger partial charge in [-0.3, -0.25) is 4.79 Å². The molecule has 0 fully saturated rings. The summed E-state index contributed by atoms with van der Waals surface area (Å²) in [7, 11) is 1.52. The SMILES string of the molecule is COc1cc2occc2c2oc(C)cc(=O)c12. The number of aryl methyl sites for hydroxylation is 1. The van der Waals surface area contributed by atoms with Crippen LogP contribution in [0.3, 0.4) is 0 Å². The summed E-state index contributed by atoms with van der Waals surface area (Å²) < 4.78 is 16.1. The Labute approximate surface area is 96.4 Å². The molecular weight excluding hydrogens is 220 g/mol. The van der Waals surface area contributed by atoms with Gasteiger partial charge < -0.3 is 13.6 Å². The number of hydrogen-bond donors (Lipinski definition) is 0. The van der Waals surface area contributed by atoms with Crippen molar-refractivity contribution in [1.29, 1.82) is 0 Å². The lowest BCUT2D eigenvalue weighted by atomic mass is 10.1. The van der Waals surface area contributed by atoms with Gasteiger partial charge in [0.05, 0.1) is 18.8 Å². The number of hydrogen-bond acceptors (Lipinski definition) is 4. The first-order valence-electron chi connectivity index (χ1n) is 5.19. The predicted molar refractivity (Wildman–Crippen MR) is 63.5 cm³/mol. The number of ether oxygens (including phenoxy) is 1. The number of benzene rings is 1. The predicted octanol–water partition coefficient (Wildman–Crippen LogP) is 2.86. The molecule has 2 aromatic heterocycles. The zero-order chi connectivity index (χ0) is 12.0. The summed E-state index contributed by atoms with van der Waals surface area (Å²) in [6, 6.07) is 4.93.